The molecule has 12 heavy (non-hydrogen) atoms. The lowest BCUT2D eigenvalue weighted by Gasteiger charge is -2.27. The molecule has 1 rings (SSSR count). The van der Waals surface area contributed by atoms with E-state index in [1.54, 1.807) is 7.11 Å². The van der Waals surface area contributed by atoms with Gasteiger partial charge in [0.15, 0.2) is 0 Å². The maximum atomic E-state index is 12.7. The molecule has 0 amide bonds. The number of alkyl halides is 2. The van der Waals surface area contributed by atoms with Crippen molar-refractivity contribution in [3.8, 4) is 0 Å². The van der Waals surface area contributed by atoms with Gasteiger partial charge in [0.25, 0.3) is 0 Å². The van der Waals surface area contributed by atoms with Crippen molar-refractivity contribution in [2.45, 2.75) is 38.0 Å². The van der Waals surface area contributed by atoms with E-state index in [-0.39, 0.29) is 12.8 Å². The smallest absolute Gasteiger partial charge is 0.248 e. The van der Waals surface area contributed by atoms with Crippen molar-refractivity contribution < 1.29 is 13.5 Å². The normalized spacial score (nSPS) is 24.2. The molecule has 0 bridgehead atoms. The average Bonchev–Trinajstić information content (AvgIpc) is 2.03. The highest BCUT2D eigenvalue weighted by molar-refractivity contribution is 4.77. The van der Waals surface area contributed by atoms with Crippen LogP contribution in [0, 0.1) is 5.92 Å². The molecule has 1 aliphatic rings. The molecule has 0 spiro atoms. The van der Waals surface area contributed by atoms with E-state index in [9.17, 15) is 8.78 Å². The number of hydrogen-bond donors (Lipinski definition) is 0. The zero-order valence-electron chi connectivity index (χ0n) is 7.48. The Labute approximate surface area is 72.1 Å². The number of halogens is 2. The van der Waals surface area contributed by atoms with E-state index in [0.29, 0.717) is 25.4 Å². The zero-order chi connectivity index (χ0) is 9.03. The molecule has 0 radical (unpaired) electrons. The number of rotatable bonds is 3. The zero-order valence-corrected chi connectivity index (χ0v) is 7.48. The first-order chi connectivity index (χ1) is 5.64. The maximum absolute atomic E-state index is 12.7. The summed E-state index contributed by atoms with van der Waals surface area (Å²) in [6.07, 6.45) is 2.40. The standard InChI is InChI=1S/C9H16F2O/c1-12-7-4-8-2-5-9(10,11)6-3-8/h8H,2-7H2,1H3. The van der Waals surface area contributed by atoms with Crippen LogP contribution in [0.4, 0.5) is 8.78 Å². The van der Waals surface area contributed by atoms with E-state index in [4.69, 9.17) is 4.74 Å². The van der Waals surface area contributed by atoms with E-state index < -0.39 is 5.92 Å². The van der Waals surface area contributed by atoms with Crippen molar-refractivity contribution in [1.29, 1.82) is 0 Å². The van der Waals surface area contributed by atoms with Crippen LogP contribution in [0.2, 0.25) is 0 Å². The summed E-state index contributed by atoms with van der Waals surface area (Å²) in [5.74, 6) is -1.92. The molecule has 0 aromatic rings. The van der Waals surface area contributed by atoms with Gasteiger partial charge < -0.3 is 4.74 Å². The van der Waals surface area contributed by atoms with Gasteiger partial charge >= 0.3 is 0 Å². The molecular weight excluding hydrogens is 162 g/mol. The molecule has 0 N–H and O–H groups in total. The van der Waals surface area contributed by atoms with Gasteiger partial charge in [-0.2, -0.15) is 0 Å². The van der Waals surface area contributed by atoms with Crippen molar-refractivity contribution >= 4 is 0 Å². The first-order valence-corrected chi connectivity index (χ1v) is 4.51. The summed E-state index contributed by atoms with van der Waals surface area (Å²) in [6, 6.07) is 0. The van der Waals surface area contributed by atoms with Crippen molar-refractivity contribution in [2.75, 3.05) is 13.7 Å². The Morgan fingerprint density at radius 1 is 1.33 bits per heavy atom. The fourth-order valence-corrected chi connectivity index (χ4v) is 1.67. The molecule has 3 heteroatoms. The number of ether oxygens (including phenoxy) is 1. The van der Waals surface area contributed by atoms with E-state index in [0.717, 1.165) is 6.42 Å². The van der Waals surface area contributed by atoms with E-state index in [2.05, 4.69) is 0 Å². The van der Waals surface area contributed by atoms with Gasteiger partial charge in [-0.05, 0) is 25.2 Å². The Morgan fingerprint density at radius 3 is 2.42 bits per heavy atom. The lowest BCUT2D eigenvalue weighted by molar-refractivity contribution is -0.0483. The molecule has 1 saturated carbocycles. The summed E-state index contributed by atoms with van der Waals surface area (Å²) in [6.45, 7) is 0.705. The van der Waals surface area contributed by atoms with Crippen LogP contribution in [0.1, 0.15) is 32.1 Å². The van der Waals surface area contributed by atoms with Crippen LogP contribution >= 0.6 is 0 Å². The van der Waals surface area contributed by atoms with E-state index in [1.807, 2.05) is 0 Å². The third-order valence-corrected chi connectivity index (χ3v) is 2.57. The lowest BCUT2D eigenvalue weighted by Crippen LogP contribution is -2.25. The molecule has 1 fully saturated rings. The fraction of sp³-hybridized carbons (Fsp3) is 1.00. The highest BCUT2D eigenvalue weighted by Crippen LogP contribution is 2.37. The molecule has 1 aliphatic carbocycles. The van der Waals surface area contributed by atoms with Gasteiger partial charge in [-0.3, -0.25) is 0 Å². The van der Waals surface area contributed by atoms with Crippen molar-refractivity contribution in [2.24, 2.45) is 5.92 Å². The summed E-state index contributed by atoms with van der Waals surface area (Å²) in [7, 11) is 1.65. The Balaban J connectivity index is 2.18. The Hall–Kier alpha value is -0.180. The first kappa shape index (κ1) is 9.90. The number of methoxy groups -OCH3 is 1. The van der Waals surface area contributed by atoms with Gasteiger partial charge in [0, 0.05) is 26.6 Å². The second-order valence-electron chi connectivity index (χ2n) is 3.58. The minimum atomic E-state index is -2.39. The molecule has 0 atom stereocenters. The average molecular weight is 178 g/mol. The summed E-state index contributed by atoms with van der Waals surface area (Å²) in [5, 5.41) is 0. The van der Waals surface area contributed by atoms with Crippen LogP contribution in [0.15, 0.2) is 0 Å². The number of hydrogen-bond acceptors (Lipinski definition) is 1. The second-order valence-corrected chi connectivity index (χ2v) is 3.58. The van der Waals surface area contributed by atoms with Crippen LogP contribution in [-0.2, 0) is 4.74 Å². The minimum Gasteiger partial charge on any atom is -0.385 e. The SMILES string of the molecule is COCCC1CCC(F)(F)CC1. The highest BCUT2D eigenvalue weighted by Gasteiger charge is 2.34. The van der Waals surface area contributed by atoms with E-state index >= 15 is 0 Å². The Bertz CT molecular complexity index is 126. The molecule has 0 heterocycles. The molecular formula is C9H16F2O. The van der Waals surface area contributed by atoms with Crippen molar-refractivity contribution in [3.05, 3.63) is 0 Å². The van der Waals surface area contributed by atoms with Gasteiger partial charge in [-0.25, -0.2) is 8.78 Å². The highest BCUT2D eigenvalue weighted by atomic mass is 19.3. The molecule has 1 nitrogen and oxygen atoms in total. The second kappa shape index (κ2) is 4.17. The van der Waals surface area contributed by atoms with Crippen molar-refractivity contribution in [3.63, 3.8) is 0 Å². The van der Waals surface area contributed by atoms with Gasteiger partial charge in [-0.1, -0.05) is 0 Å². The van der Waals surface area contributed by atoms with Crippen molar-refractivity contribution in [1.82, 2.24) is 0 Å². The molecule has 0 unspecified atom stereocenters. The van der Waals surface area contributed by atoms with Gasteiger partial charge in [0.1, 0.15) is 0 Å². The summed E-state index contributed by atoms with van der Waals surface area (Å²) < 4.78 is 30.2. The summed E-state index contributed by atoms with van der Waals surface area (Å²) in [4.78, 5) is 0. The predicted octanol–water partition coefficient (Wildman–Crippen LogP) is 2.85. The Morgan fingerprint density at radius 2 is 1.92 bits per heavy atom. The third kappa shape index (κ3) is 3.05. The third-order valence-electron chi connectivity index (χ3n) is 2.57. The van der Waals surface area contributed by atoms with Crippen LogP contribution in [0.25, 0.3) is 0 Å². The molecule has 0 aromatic heterocycles. The van der Waals surface area contributed by atoms with Crippen LogP contribution in [-0.4, -0.2) is 19.6 Å². The minimum absolute atomic E-state index is 0.0708. The predicted molar refractivity (Wildman–Crippen MR) is 43.4 cm³/mol. The molecule has 72 valence electrons. The molecule has 0 aromatic carbocycles. The lowest BCUT2D eigenvalue weighted by atomic mass is 9.85. The Kier molecular flexibility index (Phi) is 3.44. The molecule has 0 aliphatic heterocycles. The largest absolute Gasteiger partial charge is 0.385 e. The van der Waals surface area contributed by atoms with Gasteiger partial charge in [0.05, 0.1) is 0 Å². The maximum Gasteiger partial charge on any atom is 0.248 e. The van der Waals surface area contributed by atoms with Crippen LogP contribution in [0.3, 0.4) is 0 Å². The summed E-state index contributed by atoms with van der Waals surface area (Å²) in [5.41, 5.74) is 0. The quantitative estimate of drug-likeness (QED) is 0.645. The monoisotopic (exact) mass is 178 g/mol. The first-order valence-electron chi connectivity index (χ1n) is 4.51. The van der Waals surface area contributed by atoms with Crippen LogP contribution in [0.5, 0.6) is 0 Å². The topological polar surface area (TPSA) is 9.23 Å². The van der Waals surface area contributed by atoms with Crippen LogP contribution < -0.4 is 0 Å². The van der Waals surface area contributed by atoms with Gasteiger partial charge in [0.2, 0.25) is 5.92 Å². The van der Waals surface area contributed by atoms with Gasteiger partial charge in [-0.15, -0.1) is 0 Å². The summed E-state index contributed by atoms with van der Waals surface area (Å²) >= 11 is 0. The van der Waals surface area contributed by atoms with E-state index in [1.165, 1.54) is 0 Å². The fourth-order valence-electron chi connectivity index (χ4n) is 1.67. The molecule has 0 saturated heterocycles.